The van der Waals surface area contributed by atoms with Crippen LogP contribution in [-0.4, -0.2) is 11.6 Å². The molecule has 4 heteroatoms. The third kappa shape index (κ3) is 2.78. The summed E-state index contributed by atoms with van der Waals surface area (Å²) in [6, 6.07) is 24.7. The van der Waals surface area contributed by atoms with Crippen LogP contribution in [0.25, 0.3) is 20.2 Å². The van der Waals surface area contributed by atoms with Gasteiger partial charge in [0.15, 0.2) is 5.78 Å². The number of benzene rings is 3. The summed E-state index contributed by atoms with van der Waals surface area (Å²) in [4.78, 5) is 26.8. The molecule has 5 rings (SSSR count). The third-order valence-corrected chi connectivity index (χ3v) is 6.82. The minimum atomic E-state index is -0.127. The van der Waals surface area contributed by atoms with Crippen molar-refractivity contribution in [2.75, 3.05) is 0 Å². The topological polar surface area (TPSA) is 34.1 Å². The lowest BCUT2D eigenvalue weighted by Crippen LogP contribution is -2.10. The van der Waals surface area contributed by atoms with E-state index in [0.717, 1.165) is 15.5 Å². The van der Waals surface area contributed by atoms with E-state index in [9.17, 15) is 9.59 Å². The van der Waals surface area contributed by atoms with Crippen LogP contribution in [0, 0.1) is 0 Å². The fourth-order valence-electron chi connectivity index (χ4n) is 3.44. The van der Waals surface area contributed by atoms with Crippen LogP contribution in [0.1, 0.15) is 31.2 Å². The molecule has 5 aromatic rings. The Balaban J connectivity index is 1.62. The van der Waals surface area contributed by atoms with E-state index < -0.39 is 0 Å². The van der Waals surface area contributed by atoms with E-state index in [4.69, 9.17) is 0 Å². The summed E-state index contributed by atoms with van der Waals surface area (Å²) in [7, 11) is 0. The van der Waals surface area contributed by atoms with Crippen molar-refractivity contribution in [2.45, 2.75) is 0 Å². The van der Waals surface area contributed by atoms with Gasteiger partial charge in [0.25, 0.3) is 0 Å². The molecule has 0 saturated carbocycles. The quantitative estimate of drug-likeness (QED) is 0.321. The molecule has 0 fully saturated rings. The molecule has 0 aliphatic carbocycles. The van der Waals surface area contributed by atoms with Gasteiger partial charge in [-0.2, -0.15) is 0 Å². The number of thiophene rings is 2. The molecule has 28 heavy (non-hydrogen) atoms. The average molecular weight is 399 g/mol. The van der Waals surface area contributed by atoms with Crippen molar-refractivity contribution in [2.24, 2.45) is 0 Å². The molecule has 0 radical (unpaired) electrons. The van der Waals surface area contributed by atoms with Gasteiger partial charge in [0.1, 0.15) is 0 Å². The van der Waals surface area contributed by atoms with E-state index in [1.165, 1.54) is 16.0 Å². The number of ketones is 2. The van der Waals surface area contributed by atoms with Gasteiger partial charge in [0, 0.05) is 36.9 Å². The molecule has 2 aromatic heterocycles. The Labute approximate surface area is 169 Å². The highest BCUT2D eigenvalue weighted by Crippen LogP contribution is 2.34. The van der Waals surface area contributed by atoms with Crippen molar-refractivity contribution in [1.82, 2.24) is 0 Å². The van der Waals surface area contributed by atoms with Gasteiger partial charge in [-0.05, 0) is 35.7 Å². The molecule has 0 aliphatic heterocycles. The summed E-state index contributed by atoms with van der Waals surface area (Å²) < 4.78 is 2.36. The van der Waals surface area contributed by atoms with E-state index in [-0.39, 0.29) is 11.6 Å². The SMILES string of the molecule is O=C(c1ccc2sc3ccccc3c2c1)c1ccccc1C(=O)c1cccs1. The number of rotatable bonds is 4. The van der Waals surface area contributed by atoms with Crippen molar-refractivity contribution in [3.63, 3.8) is 0 Å². The standard InChI is InChI=1S/C24H14O2S2/c25-23(17-7-1-2-8-18(17)24(26)22-10-5-13-27-22)15-11-12-21-19(14-15)16-6-3-4-9-20(16)28-21/h1-14H. The Morgan fingerprint density at radius 2 is 1.36 bits per heavy atom. The zero-order valence-corrected chi connectivity index (χ0v) is 16.3. The van der Waals surface area contributed by atoms with Gasteiger partial charge in [0.05, 0.1) is 4.88 Å². The monoisotopic (exact) mass is 398 g/mol. The van der Waals surface area contributed by atoms with Crippen molar-refractivity contribution < 1.29 is 9.59 Å². The largest absolute Gasteiger partial charge is 0.289 e. The Hall–Kier alpha value is -3.08. The van der Waals surface area contributed by atoms with Gasteiger partial charge >= 0.3 is 0 Å². The minimum Gasteiger partial charge on any atom is -0.289 e. The van der Waals surface area contributed by atoms with Crippen LogP contribution < -0.4 is 0 Å². The molecular weight excluding hydrogens is 384 g/mol. The summed E-state index contributed by atoms with van der Waals surface area (Å²) >= 11 is 3.11. The number of carbonyl (C=O) groups is 2. The summed E-state index contributed by atoms with van der Waals surface area (Å²) in [5, 5.41) is 4.10. The van der Waals surface area contributed by atoms with Gasteiger partial charge in [0.2, 0.25) is 5.78 Å². The molecule has 0 atom stereocenters. The lowest BCUT2D eigenvalue weighted by atomic mass is 9.95. The molecule has 0 bridgehead atoms. The second-order valence-electron chi connectivity index (χ2n) is 6.49. The van der Waals surface area contributed by atoms with Gasteiger partial charge in [-0.1, -0.05) is 48.5 Å². The molecule has 0 N–H and O–H groups in total. The van der Waals surface area contributed by atoms with Crippen LogP contribution in [0.15, 0.2) is 84.2 Å². The van der Waals surface area contributed by atoms with Crippen LogP contribution in [0.3, 0.4) is 0 Å². The molecular formula is C24H14O2S2. The number of hydrogen-bond acceptors (Lipinski definition) is 4. The Morgan fingerprint density at radius 3 is 2.14 bits per heavy atom. The first-order chi connectivity index (χ1) is 13.7. The summed E-state index contributed by atoms with van der Waals surface area (Å²) in [5.74, 6) is -0.237. The van der Waals surface area contributed by atoms with Crippen LogP contribution in [0.4, 0.5) is 0 Å². The first-order valence-corrected chi connectivity index (χ1v) is 10.6. The zero-order valence-electron chi connectivity index (χ0n) is 14.7. The fraction of sp³-hybridized carbons (Fsp3) is 0. The van der Waals surface area contributed by atoms with Crippen molar-refractivity contribution >= 4 is 54.4 Å². The average Bonchev–Trinajstić information content (AvgIpc) is 3.40. The molecule has 2 nitrogen and oxygen atoms in total. The lowest BCUT2D eigenvalue weighted by Gasteiger charge is -2.07. The van der Waals surface area contributed by atoms with E-state index in [2.05, 4.69) is 12.1 Å². The molecule has 0 spiro atoms. The van der Waals surface area contributed by atoms with Gasteiger partial charge < -0.3 is 0 Å². The second kappa shape index (κ2) is 6.82. The molecule has 0 unspecified atom stereocenters. The maximum atomic E-state index is 13.3. The predicted molar refractivity (Wildman–Crippen MR) is 117 cm³/mol. The van der Waals surface area contributed by atoms with E-state index in [1.807, 2.05) is 41.8 Å². The van der Waals surface area contributed by atoms with E-state index in [1.54, 1.807) is 41.7 Å². The van der Waals surface area contributed by atoms with Crippen LogP contribution in [-0.2, 0) is 0 Å². The third-order valence-electron chi connectivity index (χ3n) is 4.80. The van der Waals surface area contributed by atoms with E-state index in [0.29, 0.717) is 21.6 Å². The Kier molecular flexibility index (Phi) is 4.15. The smallest absolute Gasteiger partial charge is 0.203 e. The number of fused-ring (bicyclic) bond motifs is 3. The minimum absolute atomic E-state index is 0.110. The lowest BCUT2D eigenvalue weighted by molar-refractivity contribution is 0.100. The highest BCUT2D eigenvalue weighted by atomic mass is 32.1. The highest BCUT2D eigenvalue weighted by Gasteiger charge is 2.20. The van der Waals surface area contributed by atoms with E-state index >= 15 is 0 Å². The molecule has 134 valence electrons. The van der Waals surface area contributed by atoms with Gasteiger partial charge in [-0.15, -0.1) is 22.7 Å². The van der Waals surface area contributed by atoms with Crippen molar-refractivity contribution in [1.29, 1.82) is 0 Å². The summed E-state index contributed by atoms with van der Waals surface area (Å²) in [5.41, 5.74) is 1.49. The Morgan fingerprint density at radius 1 is 0.643 bits per heavy atom. The van der Waals surface area contributed by atoms with Crippen LogP contribution in [0.2, 0.25) is 0 Å². The van der Waals surface area contributed by atoms with Crippen molar-refractivity contribution in [3.8, 4) is 0 Å². The van der Waals surface area contributed by atoms with Gasteiger partial charge in [-0.3, -0.25) is 9.59 Å². The highest BCUT2D eigenvalue weighted by molar-refractivity contribution is 7.25. The summed E-state index contributed by atoms with van der Waals surface area (Å²) in [6.07, 6.45) is 0. The second-order valence-corrected chi connectivity index (χ2v) is 8.52. The number of carbonyl (C=O) groups excluding carboxylic acids is 2. The Bertz CT molecular complexity index is 1340. The molecule has 0 aliphatic rings. The summed E-state index contributed by atoms with van der Waals surface area (Å²) in [6.45, 7) is 0. The molecule has 0 saturated heterocycles. The van der Waals surface area contributed by atoms with Gasteiger partial charge in [-0.25, -0.2) is 0 Å². The first-order valence-electron chi connectivity index (χ1n) is 8.85. The van der Waals surface area contributed by atoms with Crippen LogP contribution in [0.5, 0.6) is 0 Å². The fourth-order valence-corrected chi connectivity index (χ4v) is 5.21. The maximum Gasteiger partial charge on any atom is 0.203 e. The molecule has 2 heterocycles. The normalized spacial score (nSPS) is 11.1. The first kappa shape index (κ1) is 17.0. The number of hydrogen-bond donors (Lipinski definition) is 0. The zero-order chi connectivity index (χ0) is 19.1. The van der Waals surface area contributed by atoms with Crippen molar-refractivity contribution in [3.05, 3.63) is 106 Å². The predicted octanol–water partition coefficient (Wildman–Crippen LogP) is 6.58. The molecule has 0 amide bonds. The van der Waals surface area contributed by atoms with Crippen LogP contribution >= 0.6 is 22.7 Å². The maximum absolute atomic E-state index is 13.3. The molecule has 3 aromatic carbocycles.